The van der Waals surface area contributed by atoms with Crippen LogP contribution in [0, 0.1) is 0 Å². The van der Waals surface area contributed by atoms with Gasteiger partial charge in [-0.2, -0.15) is 11.8 Å². The van der Waals surface area contributed by atoms with Crippen LogP contribution in [0.15, 0.2) is 47.4 Å². The number of sulfonamides is 1. The first-order valence-electron chi connectivity index (χ1n) is 8.32. The molecule has 0 radical (unpaired) electrons. The monoisotopic (exact) mass is 444 g/mol. The summed E-state index contributed by atoms with van der Waals surface area (Å²) in [5.74, 6) is 1.85. The molecule has 1 saturated heterocycles. The standard InChI is InChI=1S/C18H18Cl2N2O3S2/c19-13-4-5-16(20)17(11-13)27(24,25)22-15-3-1-2-12(10-15)18(23)21-14-6-8-26-9-7-14/h1-5,10-11,14,22H,6-9H2,(H,21,23). The fraction of sp³-hybridized carbons (Fsp3) is 0.278. The molecule has 0 aromatic heterocycles. The molecule has 0 spiro atoms. The molecule has 27 heavy (non-hydrogen) atoms. The molecule has 2 aromatic rings. The zero-order valence-electron chi connectivity index (χ0n) is 14.2. The van der Waals surface area contributed by atoms with Gasteiger partial charge in [0.15, 0.2) is 0 Å². The number of halogens is 2. The minimum absolute atomic E-state index is 0.0657. The average molecular weight is 445 g/mol. The summed E-state index contributed by atoms with van der Waals surface area (Å²) < 4.78 is 27.7. The molecule has 1 aliphatic heterocycles. The lowest BCUT2D eigenvalue weighted by molar-refractivity contribution is 0.0935. The summed E-state index contributed by atoms with van der Waals surface area (Å²) in [6, 6.07) is 10.7. The number of carbonyl (C=O) groups is 1. The molecule has 9 heteroatoms. The molecule has 2 N–H and O–H groups in total. The summed E-state index contributed by atoms with van der Waals surface area (Å²) in [5.41, 5.74) is 0.670. The third kappa shape index (κ3) is 5.31. The Bertz CT molecular complexity index is 945. The first-order valence-corrected chi connectivity index (χ1v) is 11.7. The highest BCUT2D eigenvalue weighted by atomic mass is 35.5. The maximum atomic E-state index is 12.6. The zero-order chi connectivity index (χ0) is 19.4. The van der Waals surface area contributed by atoms with Crippen molar-refractivity contribution in [1.29, 1.82) is 0 Å². The van der Waals surface area contributed by atoms with E-state index in [1.54, 1.807) is 18.2 Å². The van der Waals surface area contributed by atoms with Gasteiger partial charge in [-0.05, 0) is 60.7 Å². The normalized spacial score (nSPS) is 15.3. The lowest BCUT2D eigenvalue weighted by atomic mass is 10.1. The fourth-order valence-electron chi connectivity index (χ4n) is 2.73. The van der Waals surface area contributed by atoms with Crippen LogP contribution < -0.4 is 10.0 Å². The summed E-state index contributed by atoms with van der Waals surface area (Å²) in [4.78, 5) is 12.3. The van der Waals surface area contributed by atoms with Crippen LogP contribution in [-0.4, -0.2) is 31.9 Å². The van der Waals surface area contributed by atoms with Crippen molar-refractivity contribution in [2.24, 2.45) is 0 Å². The predicted molar refractivity (Wildman–Crippen MR) is 112 cm³/mol. The summed E-state index contributed by atoms with van der Waals surface area (Å²) in [6.45, 7) is 0. The SMILES string of the molecule is O=C(NC1CCSCC1)c1cccc(NS(=O)(=O)c2cc(Cl)ccc2Cl)c1. The van der Waals surface area contributed by atoms with Crippen LogP contribution in [0.1, 0.15) is 23.2 Å². The van der Waals surface area contributed by atoms with Crippen molar-refractivity contribution in [3.63, 3.8) is 0 Å². The van der Waals surface area contributed by atoms with E-state index in [4.69, 9.17) is 23.2 Å². The second kappa shape index (κ2) is 8.73. The molecule has 1 fully saturated rings. The third-order valence-corrected chi connectivity index (χ3v) is 7.26. The molecule has 0 saturated carbocycles. The van der Waals surface area contributed by atoms with E-state index < -0.39 is 10.0 Å². The van der Waals surface area contributed by atoms with Gasteiger partial charge in [0.1, 0.15) is 4.90 Å². The molecule has 0 unspecified atom stereocenters. The number of hydrogen-bond acceptors (Lipinski definition) is 4. The highest BCUT2D eigenvalue weighted by Gasteiger charge is 2.20. The Morgan fingerprint density at radius 2 is 1.81 bits per heavy atom. The summed E-state index contributed by atoms with van der Waals surface area (Å²) in [7, 11) is -3.94. The zero-order valence-corrected chi connectivity index (χ0v) is 17.4. The van der Waals surface area contributed by atoms with Crippen molar-refractivity contribution >= 4 is 56.6 Å². The molecule has 0 bridgehead atoms. The molecule has 5 nitrogen and oxygen atoms in total. The van der Waals surface area contributed by atoms with Gasteiger partial charge in [0.2, 0.25) is 0 Å². The van der Waals surface area contributed by atoms with Crippen molar-refractivity contribution in [3.05, 3.63) is 58.1 Å². The van der Waals surface area contributed by atoms with Crippen LogP contribution in [0.3, 0.4) is 0 Å². The van der Waals surface area contributed by atoms with Gasteiger partial charge < -0.3 is 5.32 Å². The maximum Gasteiger partial charge on any atom is 0.263 e. The molecule has 3 rings (SSSR count). The largest absolute Gasteiger partial charge is 0.349 e. The fourth-order valence-corrected chi connectivity index (χ4v) is 5.65. The third-order valence-electron chi connectivity index (χ3n) is 4.12. The lowest BCUT2D eigenvalue weighted by Crippen LogP contribution is -2.37. The van der Waals surface area contributed by atoms with E-state index >= 15 is 0 Å². The molecular formula is C18H18Cl2N2O3S2. The topological polar surface area (TPSA) is 75.3 Å². The van der Waals surface area contributed by atoms with Crippen molar-refractivity contribution in [2.45, 2.75) is 23.8 Å². The maximum absolute atomic E-state index is 12.6. The van der Waals surface area contributed by atoms with E-state index in [0.29, 0.717) is 5.56 Å². The summed E-state index contributed by atoms with van der Waals surface area (Å²) >= 11 is 13.8. The van der Waals surface area contributed by atoms with E-state index in [-0.39, 0.29) is 32.6 Å². The molecular weight excluding hydrogens is 427 g/mol. The van der Waals surface area contributed by atoms with Crippen LogP contribution in [0.2, 0.25) is 10.0 Å². The molecule has 0 aliphatic carbocycles. The Kier molecular flexibility index (Phi) is 6.57. The Morgan fingerprint density at radius 1 is 1.07 bits per heavy atom. The number of carbonyl (C=O) groups excluding carboxylic acids is 1. The van der Waals surface area contributed by atoms with E-state index in [1.165, 1.54) is 24.3 Å². The van der Waals surface area contributed by atoms with Crippen molar-refractivity contribution < 1.29 is 13.2 Å². The number of thioether (sulfide) groups is 1. The Morgan fingerprint density at radius 3 is 2.56 bits per heavy atom. The molecule has 1 amide bonds. The Hall–Kier alpha value is -1.41. The molecule has 1 aliphatic rings. The van der Waals surface area contributed by atoms with Gasteiger partial charge in [-0.3, -0.25) is 9.52 Å². The van der Waals surface area contributed by atoms with Gasteiger partial charge in [-0.15, -0.1) is 0 Å². The smallest absolute Gasteiger partial charge is 0.263 e. The van der Waals surface area contributed by atoms with E-state index in [1.807, 2.05) is 11.8 Å². The van der Waals surface area contributed by atoms with Gasteiger partial charge in [0.05, 0.1) is 5.02 Å². The van der Waals surface area contributed by atoms with Crippen LogP contribution in [0.25, 0.3) is 0 Å². The van der Waals surface area contributed by atoms with Gasteiger partial charge in [-0.25, -0.2) is 8.42 Å². The Balaban J connectivity index is 1.77. The molecule has 0 atom stereocenters. The number of anilines is 1. The predicted octanol–water partition coefficient (Wildman–Crippen LogP) is 4.42. The molecule has 144 valence electrons. The molecule has 1 heterocycles. The van der Waals surface area contributed by atoms with Gasteiger partial charge >= 0.3 is 0 Å². The lowest BCUT2D eigenvalue weighted by Gasteiger charge is -2.22. The van der Waals surface area contributed by atoms with Crippen molar-refractivity contribution in [3.8, 4) is 0 Å². The van der Waals surface area contributed by atoms with E-state index in [0.717, 1.165) is 24.3 Å². The van der Waals surface area contributed by atoms with Crippen molar-refractivity contribution in [2.75, 3.05) is 16.2 Å². The number of benzene rings is 2. The first-order chi connectivity index (χ1) is 12.8. The number of nitrogens with one attached hydrogen (secondary N) is 2. The summed E-state index contributed by atoms with van der Waals surface area (Å²) in [5, 5.41) is 3.33. The van der Waals surface area contributed by atoms with E-state index in [2.05, 4.69) is 10.0 Å². The average Bonchev–Trinajstić information content (AvgIpc) is 2.64. The van der Waals surface area contributed by atoms with Gasteiger partial charge in [0.25, 0.3) is 15.9 Å². The molecule has 2 aromatic carbocycles. The van der Waals surface area contributed by atoms with Crippen LogP contribution in [-0.2, 0) is 10.0 Å². The van der Waals surface area contributed by atoms with Crippen LogP contribution in [0.5, 0.6) is 0 Å². The van der Waals surface area contributed by atoms with Crippen LogP contribution in [0.4, 0.5) is 5.69 Å². The quantitative estimate of drug-likeness (QED) is 0.715. The minimum Gasteiger partial charge on any atom is -0.349 e. The number of rotatable bonds is 5. The number of hydrogen-bond donors (Lipinski definition) is 2. The first kappa shape index (κ1) is 20.3. The highest BCUT2D eigenvalue weighted by molar-refractivity contribution is 7.99. The Labute approximate surface area is 172 Å². The van der Waals surface area contributed by atoms with Crippen molar-refractivity contribution in [1.82, 2.24) is 5.32 Å². The van der Waals surface area contributed by atoms with E-state index in [9.17, 15) is 13.2 Å². The second-order valence-corrected chi connectivity index (χ2v) is 9.84. The number of amides is 1. The van der Waals surface area contributed by atoms with Crippen LogP contribution >= 0.6 is 35.0 Å². The van der Waals surface area contributed by atoms with Gasteiger partial charge in [-0.1, -0.05) is 29.3 Å². The highest BCUT2D eigenvalue weighted by Crippen LogP contribution is 2.27. The van der Waals surface area contributed by atoms with Gasteiger partial charge in [0, 0.05) is 22.3 Å². The second-order valence-electron chi connectivity index (χ2n) is 6.12. The summed E-state index contributed by atoms with van der Waals surface area (Å²) in [6.07, 6.45) is 1.88. The minimum atomic E-state index is -3.94.